The summed E-state index contributed by atoms with van der Waals surface area (Å²) < 4.78 is 0. The van der Waals surface area contributed by atoms with Crippen LogP contribution in [0.25, 0.3) is 0 Å². The van der Waals surface area contributed by atoms with Crippen LogP contribution in [0.2, 0.25) is 10.0 Å². The van der Waals surface area contributed by atoms with Crippen LogP contribution in [0.3, 0.4) is 0 Å². The van der Waals surface area contributed by atoms with Gasteiger partial charge in [0.15, 0.2) is 5.17 Å². The molecule has 0 atom stereocenters. The summed E-state index contributed by atoms with van der Waals surface area (Å²) in [4.78, 5) is 4.69. The first-order valence-corrected chi connectivity index (χ1v) is 8.31. The molecule has 1 aliphatic heterocycles. The number of hydrogen-bond acceptors (Lipinski definition) is 3. The number of thioether (sulfide) groups is 1. The van der Waals surface area contributed by atoms with E-state index in [-0.39, 0.29) is 0 Å². The van der Waals surface area contributed by atoms with Gasteiger partial charge in [-0.1, -0.05) is 53.9 Å². The third kappa shape index (κ3) is 2.88. The fourth-order valence-corrected chi connectivity index (χ4v) is 4.42. The molecule has 0 unspecified atom stereocenters. The quantitative estimate of drug-likeness (QED) is 0.782. The molecule has 102 valence electrons. The molecule has 2 aliphatic rings. The molecule has 0 saturated heterocycles. The molecular formula is C14H16Cl2N2S. The summed E-state index contributed by atoms with van der Waals surface area (Å²) in [7, 11) is 0. The van der Waals surface area contributed by atoms with E-state index < -0.39 is 0 Å². The fraction of sp³-hybridized carbons (Fsp3) is 0.500. The van der Waals surface area contributed by atoms with E-state index in [4.69, 9.17) is 28.2 Å². The van der Waals surface area contributed by atoms with Crippen molar-refractivity contribution in [2.45, 2.75) is 25.7 Å². The molecule has 1 heterocycles. The Kier molecular flexibility index (Phi) is 3.97. The van der Waals surface area contributed by atoms with E-state index in [1.807, 2.05) is 18.2 Å². The number of amidine groups is 1. The van der Waals surface area contributed by atoms with Crippen molar-refractivity contribution in [3.63, 3.8) is 0 Å². The molecule has 5 heteroatoms. The highest BCUT2D eigenvalue weighted by molar-refractivity contribution is 8.14. The van der Waals surface area contributed by atoms with E-state index in [9.17, 15) is 0 Å². The Labute approximate surface area is 128 Å². The number of nitrogens with one attached hydrogen (secondary N) is 1. The predicted octanol–water partition coefficient (Wildman–Crippen LogP) is 5.07. The van der Waals surface area contributed by atoms with Crippen LogP contribution < -0.4 is 5.32 Å². The number of halogens is 2. The van der Waals surface area contributed by atoms with Crippen LogP contribution >= 0.6 is 35.0 Å². The molecule has 0 amide bonds. The minimum Gasteiger partial charge on any atom is -0.333 e. The van der Waals surface area contributed by atoms with Gasteiger partial charge in [0.25, 0.3) is 0 Å². The summed E-state index contributed by atoms with van der Waals surface area (Å²) in [6, 6.07) is 5.52. The molecule has 2 nitrogen and oxygen atoms in total. The van der Waals surface area contributed by atoms with Gasteiger partial charge in [-0.2, -0.15) is 0 Å². The topological polar surface area (TPSA) is 24.4 Å². The number of hydrogen-bond donors (Lipinski definition) is 1. The Morgan fingerprint density at radius 3 is 2.42 bits per heavy atom. The molecule has 0 bridgehead atoms. The van der Waals surface area contributed by atoms with Crippen LogP contribution in [0.1, 0.15) is 25.7 Å². The predicted molar refractivity (Wildman–Crippen MR) is 85.7 cm³/mol. The Balaban J connectivity index is 1.73. The zero-order chi connectivity index (χ0) is 13.3. The maximum Gasteiger partial charge on any atom is 0.161 e. The summed E-state index contributed by atoms with van der Waals surface area (Å²) in [5.41, 5.74) is 1.22. The van der Waals surface area contributed by atoms with E-state index in [0.717, 1.165) is 23.2 Å². The van der Waals surface area contributed by atoms with Crippen LogP contribution in [0, 0.1) is 5.41 Å². The van der Waals surface area contributed by atoms with Crippen molar-refractivity contribution in [1.29, 1.82) is 0 Å². The second-order valence-electron chi connectivity index (χ2n) is 5.34. The lowest BCUT2D eigenvalue weighted by atomic mass is 9.89. The van der Waals surface area contributed by atoms with Crippen molar-refractivity contribution < 1.29 is 0 Å². The van der Waals surface area contributed by atoms with Crippen molar-refractivity contribution in [1.82, 2.24) is 0 Å². The highest BCUT2D eigenvalue weighted by Crippen LogP contribution is 2.43. The first-order valence-electron chi connectivity index (χ1n) is 6.57. The van der Waals surface area contributed by atoms with Crippen LogP contribution in [0.5, 0.6) is 0 Å². The summed E-state index contributed by atoms with van der Waals surface area (Å²) in [5.74, 6) is 1.15. The zero-order valence-corrected chi connectivity index (χ0v) is 12.9. The Morgan fingerprint density at radius 1 is 1.16 bits per heavy atom. The molecular weight excluding hydrogens is 299 g/mol. The van der Waals surface area contributed by atoms with Crippen molar-refractivity contribution in [2.24, 2.45) is 10.4 Å². The van der Waals surface area contributed by atoms with Gasteiger partial charge in [0.2, 0.25) is 0 Å². The number of aliphatic imine (C=N–C) groups is 1. The Hall–Kier alpha value is -0.380. The third-order valence-electron chi connectivity index (χ3n) is 3.93. The van der Waals surface area contributed by atoms with Gasteiger partial charge in [0.05, 0.1) is 15.7 Å². The second kappa shape index (κ2) is 5.55. The van der Waals surface area contributed by atoms with Gasteiger partial charge in [-0.3, -0.25) is 4.99 Å². The maximum absolute atomic E-state index is 6.16. The molecule has 0 radical (unpaired) electrons. The third-order valence-corrected chi connectivity index (χ3v) is 5.82. The highest BCUT2D eigenvalue weighted by Gasteiger charge is 2.36. The van der Waals surface area contributed by atoms with Crippen LogP contribution in [-0.2, 0) is 0 Å². The van der Waals surface area contributed by atoms with E-state index in [1.165, 1.54) is 25.7 Å². The molecule has 1 aromatic rings. The molecule has 1 aliphatic carbocycles. The highest BCUT2D eigenvalue weighted by atomic mass is 35.5. The smallest absolute Gasteiger partial charge is 0.161 e. The fourth-order valence-electron chi connectivity index (χ4n) is 2.78. The average Bonchev–Trinajstić information content (AvgIpc) is 2.85. The second-order valence-corrected chi connectivity index (χ2v) is 7.12. The van der Waals surface area contributed by atoms with E-state index in [0.29, 0.717) is 15.5 Å². The van der Waals surface area contributed by atoms with Gasteiger partial charge < -0.3 is 5.32 Å². The van der Waals surface area contributed by atoms with Crippen LogP contribution in [0.15, 0.2) is 23.2 Å². The van der Waals surface area contributed by atoms with E-state index >= 15 is 0 Å². The molecule has 1 N–H and O–H groups in total. The summed E-state index contributed by atoms with van der Waals surface area (Å²) in [6.45, 7) is 0.935. The van der Waals surface area contributed by atoms with Gasteiger partial charge in [-0.15, -0.1) is 0 Å². The van der Waals surface area contributed by atoms with Crippen LogP contribution in [-0.4, -0.2) is 17.5 Å². The van der Waals surface area contributed by atoms with Gasteiger partial charge >= 0.3 is 0 Å². The van der Waals surface area contributed by atoms with E-state index in [2.05, 4.69) is 5.32 Å². The number of nitrogens with zero attached hydrogens (tertiary/aromatic N) is 1. The molecule has 1 fully saturated rings. The summed E-state index contributed by atoms with van der Waals surface area (Å²) in [5, 5.41) is 5.48. The lowest BCUT2D eigenvalue weighted by Gasteiger charge is -2.31. The van der Waals surface area contributed by atoms with Gasteiger partial charge in [-0.25, -0.2) is 0 Å². The molecule has 1 spiro atoms. The monoisotopic (exact) mass is 314 g/mol. The number of benzene rings is 1. The number of para-hydroxylation sites is 1. The van der Waals surface area contributed by atoms with Crippen LogP contribution in [0.4, 0.5) is 5.69 Å². The molecule has 0 aromatic heterocycles. The summed E-state index contributed by atoms with van der Waals surface area (Å²) in [6.07, 6.45) is 5.36. The molecule has 19 heavy (non-hydrogen) atoms. The zero-order valence-electron chi connectivity index (χ0n) is 10.6. The Morgan fingerprint density at radius 2 is 1.84 bits per heavy atom. The molecule has 3 rings (SSSR count). The first kappa shape index (κ1) is 13.6. The number of rotatable bonds is 1. The van der Waals surface area contributed by atoms with Crippen molar-refractivity contribution in [3.05, 3.63) is 28.2 Å². The normalized spacial score (nSPS) is 21.5. The van der Waals surface area contributed by atoms with Gasteiger partial charge in [0.1, 0.15) is 0 Å². The lowest BCUT2D eigenvalue weighted by Crippen LogP contribution is -2.30. The standard InChI is InChI=1S/C14H16Cl2N2S/c15-10-4-3-5-11(16)12(10)18-13-17-8-14(9-19-13)6-1-2-7-14/h3-5H,1-2,6-9H2,(H,17,18). The first-order chi connectivity index (χ1) is 9.19. The molecule has 1 saturated carbocycles. The average molecular weight is 315 g/mol. The van der Waals surface area contributed by atoms with E-state index in [1.54, 1.807) is 11.8 Å². The minimum absolute atomic E-state index is 0.458. The Bertz CT molecular complexity index is 490. The maximum atomic E-state index is 6.16. The van der Waals surface area contributed by atoms with Crippen molar-refractivity contribution >= 4 is 45.8 Å². The SMILES string of the molecule is Clc1cccc(Cl)c1NC1=NCC2(CCCC2)CS1. The van der Waals surface area contributed by atoms with Crippen molar-refractivity contribution in [2.75, 3.05) is 17.6 Å². The minimum atomic E-state index is 0.458. The lowest BCUT2D eigenvalue weighted by molar-refractivity contribution is 0.359. The van der Waals surface area contributed by atoms with Gasteiger partial charge in [0, 0.05) is 12.3 Å². The van der Waals surface area contributed by atoms with Gasteiger partial charge in [-0.05, 0) is 30.4 Å². The largest absolute Gasteiger partial charge is 0.333 e. The molecule has 1 aromatic carbocycles. The summed E-state index contributed by atoms with van der Waals surface area (Å²) >= 11 is 14.1. The number of anilines is 1. The van der Waals surface area contributed by atoms with Crippen molar-refractivity contribution in [3.8, 4) is 0 Å².